The van der Waals surface area contributed by atoms with Gasteiger partial charge in [-0.2, -0.15) is 0 Å². The molecular weight excluding hydrogens is 318 g/mol. The van der Waals surface area contributed by atoms with Gasteiger partial charge in [-0.05, 0) is 12.0 Å². The van der Waals surface area contributed by atoms with E-state index in [2.05, 4.69) is 4.72 Å². The highest BCUT2D eigenvalue weighted by molar-refractivity contribution is 7.88. The van der Waals surface area contributed by atoms with Crippen LogP contribution in [0, 0.1) is 0 Å². The molecule has 1 unspecified atom stereocenters. The van der Waals surface area contributed by atoms with Gasteiger partial charge in [-0.1, -0.05) is 24.3 Å². The number of carbonyl (C=O) groups is 2. The Morgan fingerprint density at radius 1 is 1.23 bits per heavy atom. The zero-order valence-corrected chi connectivity index (χ0v) is 12.2. The second-order valence-electron chi connectivity index (χ2n) is 4.92. The molecule has 6 nitrogen and oxygen atoms in total. The highest BCUT2D eigenvalue weighted by Gasteiger charge is 2.30. The van der Waals surface area contributed by atoms with E-state index in [9.17, 15) is 26.8 Å². The van der Waals surface area contributed by atoms with E-state index < -0.39 is 40.1 Å². The summed E-state index contributed by atoms with van der Waals surface area (Å²) < 4.78 is 51.0. The zero-order valence-electron chi connectivity index (χ0n) is 11.4. The Morgan fingerprint density at radius 3 is 2.41 bits per heavy atom. The summed E-state index contributed by atoms with van der Waals surface area (Å²) in [5.74, 6) is -1.57. The van der Waals surface area contributed by atoms with Crippen molar-refractivity contribution in [2.75, 3.05) is 0 Å². The lowest BCUT2D eigenvalue weighted by Crippen LogP contribution is -2.52. The smallest absolute Gasteiger partial charge is 0.263 e. The van der Waals surface area contributed by atoms with Crippen LogP contribution in [0.5, 0.6) is 0 Å². The van der Waals surface area contributed by atoms with E-state index in [1.54, 1.807) is 0 Å². The number of nitrogens with one attached hydrogen (secondary N) is 2. The SMILES string of the molecule is O=C1CCC(NS(=O)(=O)Cc2ccc(C(F)F)cc2)C(=O)N1. The number of benzene rings is 1. The number of halogens is 2. The average Bonchev–Trinajstić information content (AvgIpc) is 2.42. The molecule has 120 valence electrons. The first kappa shape index (κ1) is 16.5. The van der Waals surface area contributed by atoms with Gasteiger partial charge in [0.25, 0.3) is 6.43 Å². The maximum atomic E-state index is 12.4. The van der Waals surface area contributed by atoms with Crippen LogP contribution < -0.4 is 10.0 Å². The predicted molar refractivity (Wildman–Crippen MR) is 73.3 cm³/mol. The van der Waals surface area contributed by atoms with Crippen LogP contribution in [0.2, 0.25) is 0 Å². The van der Waals surface area contributed by atoms with Crippen molar-refractivity contribution < 1.29 is 26.8 Å². The van der Waals surface area contributed by atoms with Gasteiger partial charge in [0.15, 0.2) is 0 Å². The zero-order chi connectivity index (χ0) is 16.3. The molecule has 0 spiro atoms. The van der Waals surface area contributed by atoms with E-state index in [0.717, 1.165) is 12.1 Å². The Balaban J connectivity index is 2.01. The van der Waals surface area contributed by atoms with Gasteiger partial charge in [-0.25, -0.2) is 21.9 Å². The molecule has 1 aliphatic rings. The van der Waals surface area contributed by atoms with Crippen LogP contribution in [0.15, 0.2) is 24.3 Å². The standard InChI is InChI=1S/C13H14F2N2O4S/c14-12(15)9-3-1-8(2-4-9)7-22(20,21)17-10-5-6-11(18)16-13(10)19/h1-4,10,12,17H,5-7H2,(H,16,18,19). The highest BCUT2D eigenvalue weighted by Crippen LogP contribution is 2.19. The van der Waals surface area contributed by atoms with Gasteiger partial charge in [0, 0.05) is 12.0 Å². The summed E-state index contributed by atoms with van der Waals surface area (Å²) in [5, 5.41) is 2.05. The third-order valence-corrected chi connectivity index (χ3v) is 4.51. The van der Waals surface area contributed by atoms with E-state index in [4.69, 9.17) is 0 Å². The number of piperidine rings is 1. The molecule has 0 aliphatic carbocycles. The fourth-order valence-corrected chi connectivity index (χ4v) is 3.42. The van der Waals surface area contributed by atoms with Crippen LogP contribution in [0.3, 0.4) is 0 Å². The summed E-state index contributed by atoms with van der Waals surface area (Å²) in [5.41, 5.74) is 0.128. The quantitative estimate of drug-likeness (QED) is 0.782. The molecule has 2 rings (SSSR count). The van der Waals surface area contributed by atoms with Crippen molar-refractivity contribution >= 4 is 21.8 Å². The highest BCUT2D eigenvalue weighted by atomic mass is 32.2. The second-order valence-corrected chi connectivity index (χ2v) is 6.68. The van der Waals surface area contributed by atoms with E-state index in [1.807, 2.05) is 5.32 Å². The molecule has 0 bridgehead atoms. The normalized spacial score (nSPS) is 19.3. The molecule has 1 aliphatic heterocycles. The van der Waals surface area contributed by atoms with E-state index in [-0.39, 0.29) is 18.4 Å². The molecule has 1 atom stereocenters. The Hall–Kier alpha value is -1.87. The minimum Gasteiger partial charge on any atom is -0.295 e. The van der Waals surface area contributed by atoms with Gasteiger partial charge in [0.05, 0.1) is 5.75 Å². The number of amides is 2. The van der Waals surface area contributed by atoms with Crippen molar-refractivity contribution in [2.24, 2.45) is 0 Å². The molecule has 2 amide bonds. The molecule has 22 heavy (non-hydrogen) atoms. The number of imide groups is 1. The van der Waals surface area contributed by atoms with Gasteiger partial charge in [-0.3, -0.25) is 14.9 Å². The molecule has 2 N–H and O–H groups in total. The van der Waals surface area contributed by atoms with Crippen LogP contribution >= 0.6 is 0 Å². The average molecular weight is 332 g/mol. The van der Waals surface area contributed by atoms with E-state index in [0.29, 0.717) is 5.56 Å². The van der Waals surface area contributed by atoms with Crippen LogP contribution in [0.25, 0.3) is 0 Å². The Labute approximate surface area is 125 Å². The number of hydrogen-bond acceptors (Lipinski definition) is 4. The van der Waals surface area contributed by atoms with Gasteiger partial charge in [0.1, 0.15) is 6.04 Å². The number of hydrogen-bond donors (Lipinski definition) is 2. The molecular formula is C13H14F2N2O4S. The van der Waals surface area contributed by atoms with E-state index in [1.165, 1.54) is 12.1 Å². The Morgan fingerprint density at radius 2 is 1.86 bits per heavy atom. The minimum absolute atomic E-state index is 0.0576. The summed E-state index contributed by atoms with van der Waals surface area (Å²) in [6, 6.07) is 3.90. The number of sulfonamides is 1. The maximum Gasteiger partial charge on any atom is 0.263 e. The summed E-state index contributed by atoms with van der Waals surface area (Å²) in [7, 11) is -3.83. The summed E-state index contributed by atoms with van der Waals surface area (Å²) in [4.78, 5) is 22.5. The third-order valence-electron chi connectivity index (χ3n) is 3.15. The molecule has 1 heterocycles. The van der Waals surface area contributed by atoms with Crippen molar-refractivity contribution in [3.63, 3.8) is 0 Å². The fourth-order valence-electron chi connectivity index (χ4n) is 2.04. The Kier molecular flexibility index (Phi) is 4.87. The van der Waals surface area contributed by atoms with Crippen LogP contribution in [0.4, 0.5) is 8.78 Å². The maximum absolute atomic E-state index is 12.4. The topological polar surface area (TPSA) is 92.3 Å². The lowest BCUT2D eigenvalue weighted by molar-refractivity contribution is -0.134. The summed E-state index contributed by atoms with van der Waals surface area (Å²) in [6.07, 6.45) is -2.47. The van der Waals surface area contributed by atoms with Crippen molar-refractivity contribution in [1.29, 1.82) is 0 Å². The molecule has 0 saturated carbocycles. The lowest BCUT2D eigenvalue weighted by atomic mass is 10.1. The summed E-state index contributed by atoms with van der Waals surface area (Å²) >= 11 is 0. The van der Waals surface area contributed by atoms with E-state index >= 15 is 0 Å². The lowest BCUT2D eigenvalue weighted by Gasteiger charge is -2.21. The molecule has 1 saturated heterocycles. The summed E-state index contributed by atoms with van der Waals surface area (Å²) in [6.45, 7) is 0. The number of rotatable bonds is 5. The van der Waals surface area contributed by atoms with Crippen LogP contribution in [-0.2, 0) is 25.4 Å². The molecule has 9 heteroatoms. The van der Waals surface area contributed by atoms with Crippen molar-refractivity contribution in [2.45, 2.75) is 31.1 Å². The number of carbonyl (C=O) groups excluding carboxylic acids is 2. The largest absolute Gasteiger partial charge is 0.295 e. The van der Waals surface area contributed by atoms with Crippen molar-refractivity contribution in [3.8, 4) is 0 Å². The van der Waals surface area contributed by atoms with Gasteiger partial charge in [-0.15, -0.1) is 0 Å². The predicted octanol–water partition coefficient (Wildman–Crippen LogP) is 0.849. The van der Waals surface area contributed by atoms with Crippen molar-refractivity contribution in [3.05, 3.63) is 35.4 Å². The monoisotopic (exact) mass is 332 g/mol. The molecule has 1 aromatic carbocycles. The molecule has 0 radical (unpaired) electrons. The molecule has 1 aromatic rings. The first-order valence-corrected chi connectivity index (χ1v) is 8.13. The first-order valence-electron chi connectivity index (χ1n) is 6.47. The van der Waals surface area contributed by atoms with Gasteiger partial charge < -0.3 is 0 Å². The molecule has 0 aromatic heterocycles. The van der Waals surface area contributed by atoms with Gasteiger partial charge in [0.2, 0.25) is 21.8 Å². The van der Waals surface area contributed by atoms with Crippen LogP contribution in [-0.4, -0.2) is 26.3 Å². The number of alkyl halides is 2. The minimum atomic E-state index is -3.83. The van der Waals surface area contributed by atoms with Gasteiger partial charge >= 0.3 is 0 Å². The Bertz CT molecular complexity index is 674. The second kappa shape index (κ2) is 6.49. The molecule has 1 fully saturated rings. The third kappa shape index (κ3) is 4.31. The first-order chi connectivity index (χ1) is 10.3. The van der Waals surface area contributed by atoms with Crippen LogP contribution in [0.1, 0.15) is 30.4 Å². The van der Waals surface area contributed by atoms with Crippen molar-refractivity contribution in [1.82, 2.24) is 10.0 Å². The fraction of sp³-hybridized carbons (Fsp3) is 0.385.